The molecule has 0 spiro atoms. The zero-order valence-electron chi connectivity index (χ0n) is 11.4. The zero-order chi connectivity index (χ0) is 16.2. The molecule has 1 N–H and O–H groups in total. The van der Waals surface area contributed by atoms with E-state index >= 15 is 0 Å². The van der Waals surface area contributed by atoms with Gasteiger partial charge in [-0.05, 0) is 6.07 Å². The van der Waals surface area contributed by atoms with E-state index in [1.807, 2.05) is 0 Å². The maximum absolute atomic E-state index is 13.7. The van der Waals surface area contributed by atoms with Crippen molar-refractivity contribution in [2.75, 3.05) is 27.3 Å². The Labute approximate surface area is 118 Å². The van der Waals surface area contributed by atoms with Crippen molar-refractivity contribution in [2.24, 2.45) is 0 Å². The molecule has 1 amide bonds. The first-order valence-electron chi connectivity index (χ1n) is 5.83. The first kappa shape index (κ1) is 16.9. The van der Waals surface area contributed by atoms with Crippen molar-refractivity contribution >= 4 is 11.6 Å². The summed E-state index contributed by atoms with van der Waals surface area (Å²) in [5.41, 5.74) is -1.70. The monoisotopic (exact) mass is 304 g/mol. The van der Waals surface area contributed by atoms with Gasteiger partial charge in [-0.1, -0.05) is 0 Å². The second kappa shape index (κ2) is 7.04. The SMILES string of the molecule is COCC(O)CN(C)C(=O)c1cc(F)c([N+](=O)[O-])cc1F. The predicted octanol–water partition coefficient (Wildman–Crippen LogP) is 0.952. The molecule has 0 saturated heterocycles. The maximum Gasteiger partial charge on any atom is 0.307 e. The van der Waals surface area contributed by atoms with Crippen LogP contribution in [0.5, 0.6) is 0 Å². The fraction of sp³-hybridized carbons (Fsp3) is 0.417. The Morgan fingerprint density at radius 2 is 2.10 bits per heavy atom. The van der Waals surface area contributed by atoms with Crippen molar-refractivity contribution in [1.82, 2.24) is 4.90 Å². The van der Waals surface area contributed by atoms with Crippen LogP contribution in [0.3, 0.4) is 0 Å². The molecular formula is C12H14F2N2O5. The highest BCUT2D eigenvalue weighted by molar-refractivity contribution is 5.94. The lowest BCUT2D eigenvalue weighted by Gasteiger charge is -2.20. The number of likely N-dealkylation sites (N-methyl/N-ethyl adjacent to an activating group) is 1. The smallest absolute Gasteiger partial charge is 0.307 e. The molecule has 0 heterocycles. The van der Waals surface area contributed by atoms with Crippen molar-refractivity contribution in [1.29, 1.82) is 0 Å². The number of ether oxygens (including phenoxy) is 1. The van der Waals surface area contributed by atoms with Crippen LogP contribution in [-0.4, -0.2) is 54.3 Å². The summed E-state index contributed by atoms with van der Waals surface area (Å²) in [5, 5.41) is 19.9. The van der Waals surface area contributed by atoms with E-state index in [0.717, 1.165) is 4.90 Å². The van der Waals surface area contributed by atoms with E-state index < -0.39 is 39.8 Å². The minimum atomic E-state index is -1.31. The van der Waals surface area contributed by atoms with Gasteiger partial charge in [0, 0.05) is 20.7 Å². The molecule has 0 fully saturated rings. The summed E-state index contributed by atoms with van der Waals surface area (Å²) in [7, 11) is 2.64. The van der Waals surface area contributed by atoms with Crippen LogP contribution >= 0.6 is 0 Å². The van der Waals surface area contributed by atoms with E-state index in [2.05, 4.69) is 4.74 Å². The number of halogens is 2. The van der Waals surface area contributed by atoms with Crippen molar-refractivity contribution in [2.45, 2.75) is 6.10 Å². The summed E-state index contributed by atoms with van der Waals surface area (Å²) >= 11 is 0. The van der Waals surface area contributed by atoms with E-state index in [1.165, 1.54) is 14.2 Å². The number of nitro benzene ring substituents is 1. The molecule has 1 unspecified atom stereocenters. The third-order valence-electron chi connectivity index (χ3n) is 2.65. The van der Waals surface area contributed by atoms with Crippen LogP contribution in [0.2, 0.25) is 0 Å². The molecule has 1 aromatic rings. The first-order chi connectivity index (χ1) is 9.77. The van der Waals surface area contributed by atoms with Crippen LogP contribution in [0.4, 0.5) is 14.5 Å². The van der Waals surface area contributed by atoms with Crippen LogP contribution in [0.1, 0.15) is 10.4 Å². The van der Waals surface area contributed by atoms with Gasteiger partial charge in [0.15, 0.2) is 0 Å². The highest BCUT2D eigenvalue weighted by Gasteiger charge is 2.24. The van der Waals surface area contributed by atoms with Crippen LogP contribution in [-0.2, 0) is 4.74 Å². The summed E-state index contributed by atoms with van der Waals surface area (Å²) in [4.78, 5) is 22.3. The lowest BCUT2D eigenvalue weighted by atomic mass is 10.1. The van der Waals surface area contributed by atoms with Gasteiger partial charge in [-0.25, -0.2) is 4.39 Å². The van der Waals surface area contributed by atoms with Gasteiger partial charge in [-0.15, -0.1) is 0 Å². The topological polar surface area (TPSA) is 92.9 Å². The van der Waals surface area contributed by atoms with Gasteiger partial charge in [0.05, 0.1) is 29.3 Å². The normalized spacial score (nSPS) is 12.0. The van der Waals surface area contributed by atoms with E-state index in [1.54, 1.807) is 0 Å². The van der Waals surface area contributed by atoms with Crippen molar-refractivity contribution in [3.63, 3.8) is 0 Å². The minimum Gasteiger partial charge on any atom is -0.389 e. The molecule has 21 heavy (non-hydrogen) atoms. The number of carbonyl (C=O) groups excluding carboxylic acids is 1. The Bertz CT molecular complexity index is 553. The third-order valence-corrected chi connectivity index (χ3v) is 2.65. The average Bonchev–Trinajstić information content (AvgIpc) is 2.39. The summed E-state index contributed by atoms with van der Waals surface area (Å²) in [5.74, 6) is -3.42. The molecular weight excluding hydrogens is 290 g/mol. The number of aliphatic hydroxyl groups is 1. The van der Waals surface area contributed by atoms with Crippen LogP contribution in [0, 0.1) is 21.7 Å². The number of aliphatic hydroxyl groups excluding tert-OH is 1. The molecule has 0 aliphatic heterocycles. The first-order valence-corrected chi connectivity index (χ1v) is 5.83. The van der Waals surface area contributed by atoms with Gasteiger partial charge in [0.2, 0.25) is 5.82 Å². The fourth-order valence-electron chi connectivity index (χ4n) is 1.69. The third kappa shape index (κ3) is 4.17. The number of amides is 1. The maximum atomic E-state index is 13.7. The number of benzene rings is 1. The molecule has 7 nitrogen and oxygen atoms in total. The molecule has 0 aromatic heterocycles. The fourth-order valence-corrected chi connectivity index (χ4v) is 1.69. The quantitative estimate of drug-likeness (QED) is 0.624. The number of rotatable bonds is 6. The molecule has 116 valence electrons. The van der Waals surface area contributed by atoms with Crippen LogP contribution in [0.15, 0.2) is 12.1 Å². The van der Waals surface area contributed by atoms with Gasteiger partial charge in [-0.3, -0.25) is 14.9 Å². The minimum absolute atomic E-state index is 0.0330. The lowest BCUT2D eigenvalue weighted by molar-refractivity contribution is -0.387. The van der Waals surface area contributed by atoms with Gasteiger partial charge < -0.3 is 14.7 Å². The second-order valence-corrected chi connectivity index (χ2v) is 4.34. The standard InChI is InChI=1S/C12H14F2N2O5/c1-15(5-7(17)6-21-2)12(18)8-3-10(14)11(16(19)20)4-9(8)13/h3-4,7,17H,5-6H2,1-2H3. The molecule has 0 bridgehead atoms. The van der Waals surface area contributed by atoms with Crippen molar-refractivity contribution in [3.05, 3.63) is 39.4 Å². The Hall–Kier alpha value is -2.13. The molecule has 1 rings (SSSR count). The van der Waals surface area contributed by atoms with E-state index in [0.29, 0.717) is 12.1 Å². The highest BCUT2D eigenvalue weighted by atomic mass is 19.1. The summed E-state index contributed by atoms with van der Waals surface area (Å²) < 4.78 is 31.8. The van der Waals surface area contributed by atoms with Gasteiger partial charge in [0.1, 0.15) is 5.82 Å². The zero-order valence-corrected chi connectivity index (χ0v) is 11.4. The lowest BCUT2D eigenvalue weighted by Crippen LogP contribution is -2.36. The van der Waals surface area contributed by atoms with Crippen molar-refractivity contribution in [3.8, 4) is 0 Å². The number of nitro groups is 1. The van der Waals surface area contributed by atoms with Gasteiger partial charge in [0.25, 0.3) is 5.91 Å². The number of carbonyl (C=O) groups is 1. The van der Waals surface area contributed by atoms with Crippen LogP contribution < -0.4 is 0 Å². The van der Waals surface area contributed by atoms with Crippen molar-refractivity contribution < 1.29 is 28.3 Å². The summed E-state index contributed by atoms with van der Waals surface area (Å²) in [6.07, 6.45) is -0.991. The molecule has 0 saturated carbocycles. The van der Waals surface area contributed by atoms with Gasteiger partial charge in [-0.2, -0.15) is 4.39 Å². The van der Waals surface area contributed by atoms with E-state index in [-0.39, 0.29) is 13.2 Å². The Kier molecular flexibility index (Phi) is 5.68. The van der Waals surface area contributed by atoms with Gasteiger partial charge >= 0.3 is 5.69 Å². The Morgan fingerprint density at radius 1 is 1.48 bits per heavy atom. The number of nitrogens with zero attached hydrogens (tertiary/aromatic N) is 2. The molecule has 0 aliphatic rings. The highest BCUT2D eigenvalue weighted by Crippen LogP contribution is 2.22. The van der Waals surface area contributed by atoms with E-state index in [4.69, 9.17) is 0 Å². The summed E-state index contributed by atoms with van der Waals surface area (Å²) in [6, 6.07) is 0.816. The number of methoxy groups -OCH3 is 1. The second-order valence-electron chi connectivity index (χ2n) is 4.34. The predicted molar refractivity (Wildman–Crippen MR) is 67.9 cm³/mol. The molecule has 0 aliphatic carbocycles. The molecule has 0 radical (unpaired) electrons. The Balaban J connectivity index is 2.97. The largest absolute Gasteiger partial charge is 0.389 e. The Morgan fingerprint density at radius 3 is 2.62 bits per heavy atom. The molecule has 1 atom stereocenters. The number of hydrogen-bond acceptors (Lipinski definition) is 5. The summed E-state index contributed by atoms with van der Waals surface area (Å²) in [6.45, 7) is -0.195. The van der Waals surface area contributed by atoms with E-state index in [9.17, 15) is 28.8 Å². The average molecular weight is 304 g/mol. The molecule has 9 heteroatoms. The molecule has 1 aromatic carbocycles. The number of hydrogen-bond donors (Lipinski definition) is 1. The van der Waals surface area contributed by atoms with Crippen LogP contribution in [0.25, 0.3) is 0 Å².